The number of H-pyrrole nitrogens is 1. The number of rotatable bonds is 4. The van der Waals surface area contributed by atoms with E-state index in [2.05, 4.69) is 16.0 Å². The quantitative estimate of drug-likeness (QED) is 0.864. The predicted octanol–water partition coefficient (Wildman–Crippen LogP) is 2.65. The van der Waals surface area contributed by atoms with E-state index in [0.717, 1.165) is 55.5 Å². The van der Waals surface area contributed by atoms with Crippen molar-refractivity contribution in [2.45, 2.75) is 38.5 Å². The summed E-state index contributed by atoms with van der Waals surface area (Å²) in [6.45, 7) is 5.26. The van der Waals surface area contributed by atoms with Gasteiger partial charge >= 0.3 is 0 Å². The molecule has 1 aromatic heterocycles. The van der Waals surface area contributed by atoms with Crippen LogP contribution in [0.1, 0.15) is 37.7 Å². The van der Waals surface area contributed by atoms with E-state index in [1.165, 1.54) is 19.3 Å². The Morgan fingerprint density at radius 2 is 1.45 bits per heavy atom. The zero-order valence-electron chi connectivity index (χ0n) is 17.2. The average Bonchev–Trinajstić information content (AvgIpc) is 3.11. The molecule has 0 radical (unpaired) electrons. The lowest BCUT2D eigenvalue weighted by atomic mass is 10.1. The largest absolute Gasteiger partial charge is 0.361 e. The van der Waals surface area contributed by atoms with E-state index >= 15 is 0 Å². The molecule has 0 aliphatic carbocycles. The SMILES string of the molecule is O=C(Cc1c[nH]c2ccccc12)N1CCN(CC(=O)N2CCCCCCC2)CC1. The molecule has 2 aliphatic rings. The third kappa shape index (κ3) is 4.99. The normalized spacial score (nSPS) is 19.2. The minimum Gasteiger partial charge on any atom is -0.361 e. The highest BCUT2D eigenvalue weighted by Crippen LogP contribution is 2.19. The monoisotopic (exact) mass is 396 g/mol. The fraction of sp³-hybridized carbons (Fsp3) is 0.565. The Morgan fingerprint density at radius 3 is 2.21 bits per heavy atom. The van der Waals surface area contributed by atoms with Crippen molar-refractivity contribution >= 4 is 22.7 Å². The summed E-state index contributed by atoms with van der Waals surface area (Å²) < 4.78 is 0. The minimum atomic E-state index is 0.171. The predicted molar refractivity (Wildman–Crippen MR) is 115 cm³/mol. The van der Waals surface area contributed by atoms with Crippen LogP contribution in [0.4, 0.5) is 0 Å². The number of hydrogen-bond acceptors (Lipinski definition) is 3. The Hall–Kier alpha value is -2.34. The lowest BCUT2D eigenvalue weighted by Crippen LogP contribution is -2.52. The van der Waals surface area contributed by atoms with Gasteiger partial charge in [0.05, 0.1) is 13.0 Å². The van der Waals surface area contributed by atoms with Crippen LogP contribution >= 0.6 is 0 Å². The first-order chi connectivity index (χ1) is 14.2. The molecule has 2 aromatic rings. The van der Waals surface area contributed by atoms with Gasteiger partial charge in [0.1, 0.15) is 0 Å². The number of fused-ring (bicyclic) bond motifs is 1. The number of benzene rings is 1. The van der Waals surface area contributed by atoms with Crippen LogP contribution in [0, 0.1) is 0 Å². The molecule has 1 aromatic carbocycles. The van der Waals surface area contributed by atoms with Crippen LogP contribution in [0.3, 0.4) is 0 Å². The van der Waals surface area contributed by atoms with E-state index in [0.29, 0.717) is 26.1 Å². The molecule has 6 nitrogen and oxygen atoms in total. The van der Waals surface area contributed by atoms with Crippen molar-refractivity contribution in [3.8, 4) is 0 Å². The van der Waals surface area contributed by atoms with Crippen LogP contribution in [0.2, 0.25) is 0 Å². The Labute approximate surface area is 172 Å². The number of aromatic nitrogens is 1. The van der Waals surface area contributed by atoms with Crippen molar-refractivity contribution in [3.05, 3.63) is 36.0 Å². The molecular weight excluding hydrogens is 364 g/mol. The molecule has 156 valence electrons. The van der Waals surface area contributed by atoms with Gasteiger partial charge in [0.2, 0.25) is 11.8 Å². The number of carbonyl (C=O) groups excluding carboxylic acids is 2. The first-order valence-electron chi connectivity index (χ1n) is 11.0. The first kappa shape index (κ1) is 20.0. The van der Waals surface area contributed by atoms with E-state index in [1.807, 2.05) is 34.2 Å². The maximum absolute atomic E-state index is 12.8. The summed E-state index contributed by atoms with van der Waals surface area (Å²) in [7, 11) is 0. The van der Waals surface area contributed by atoms with Gasteiger partial charge in [-0.1, -0.05) is 37.5 Å². The third-order valence-electron chi connectivity index (χ3n) is 6.31. The van der Waals surface area contributed by atoms with E-state index in [-0.39, 0.29) is 11.8 Å². The van der Waals surface area contributed by atoms with Gasteiger partial charge in [-0.2, -0.15) is 0 Å². The molecule has 6 heteroatoms. The van der Waals surface area contributed by atoms with Gasteiger partial charge in [0, 0.05) is 56.4 Å². The zero-order chi connectivity index (χ0) is 20.1. The highest BCUT2D eigenvalue weighted by Gasteiger charge is 2.24. The molecule has 0 saturated carbocycles. The van der Waals surface area contributed by atoms with Crippen LogP contribution in [0.25, 0.3) is 10.9 Å². The number of carbonyl (C=O) groups is 2. The van der Waals surface area contributed by atoms with E-state index in [1.54, 1.807) is 0 Å². The van der Waals surface area contributed by atoms with Crippen molar-refractivity contribution in [2.75, 3.05) is 45.8 Å². The number of piperazine rings is 1. The standard InChI is InChI=1S/C23H32N4O2/c28-22(16-19-17-24-21-9-5-4-8-20(19)21)27-14-12-25(13-15-27)18-23(29)26-10-6-2-1-3-7-11-26/h4-5,8-9,17,24H,1-3,6-7,10-16,18H2. The van der Waals surface area contributed by atoms with Crippen molar-refractivity contribution in [2.24, 2.45) is 0 Å². The second kappa shape index (κ2) is 9.44. The van der Waals surface area contributed by atoms with E-state index in [9.17, 15) is 9.59 Å². The maximum Gasteiger partial charge on any atom is 0.236 e. The molecule has 0 spiro atoms. The molecule has 0 bridgehead atoms. The van der Waals surface area contributed by atoms with Gasteiger partial charge in [-0.25, -0.2) is 0 Å². The Kier molecular flexibility index (Phi) is 6.49. The number of aromatic amines is 1. The fourth-order valence-electron chi connectivity index (χ4n) is 4.50. The van der Waals surface area contributed by atoms with Crippen LogP contribution in [0.15, 0.2) is 30.5 Å². The molecule has 2 amide bonds. The number of para-hydroxylation sites is 1. The highest BCUT2D eigenvalue weighted by molar-refractivity contribution is 5.89. The van der Waals surface area contributed by atoms with Crippen molar-refractivity contribution in [1.29, 1.82) is 0 Å². The summed E-state index contributed by atoms with van der Waals surface area (Å²) in [5.74, 6) is 0.426. The maximum atomic E-state index is 12.8. The van der Waals surface area contributed by atoms with Gasteiger partial charge in [0.25, 0.3) is 0 Å². The van der Waals surface area contributed by atoms with Gasteiger partial charge in [-0.05, 0) is 24.5 Å². The van der Waals surface area contributed by atoms with Gasteiger partial charge in [-0.3, -0.25) is 14.5 Å². The molecule has 2 fully saturated rings. The summed E-state index contributed by atoms with van der Waals surface area (Å²) >= 11 is 0. The molecule has 0 unspecified atom stereocenters. The molecule has 29 heavy (non-hydrogen) atoms. The van der Waals surface area contributed by atoms with E-state index < -0.39 is 0 Å². The van der Waals surface area contributed by atoms with Gasteiger partial charge in [-0.15, -0.1) is 0 Å². The van der Waals surface area contributed by atoms with Crippen LogP contribution in [-0.2, 0) is 16.0 Å². The first-order valence-corrected chi connectivity index (χ1v) is 11.0. The van der Waals surface area contributed by atoms with Crippen molar-refractivity contribution in [1.82, 2.24) is 19.7 Å². The van der Waals surface area contributed by atoms with Crippen LogP contribution in [-0.4, -0.2) is 77.3 Å². The zero-order valence-corrected chi connectivity index (χ0v) is 17.2. The topological polar surface area (TPSA) is 59.7 Å². The Morgan fingerprint density at radius 1 is 0.793 bits per heavy atom. The van der Waals surface area contributed by atoms with Gasteiger partial charge < -0.3 is 14.8 Å². The minimum absolute atomic E-state index is 0.171. The number of hydrogen-bond donors (Lipinski definition) is 1. The van der Waals surface area contributed by atoms with Crippen molar-refractivity contribution in [3.63, 3.8) is 0 Å². The Balaban J connectivity index is 1.25. The second-order valence-electron chi connectivity index (χ2n) is 8.34. The molecule has 4 rings (SSSR count). The molecular formula is C23H32N4O2. The summed E-state index contributed by atoms with van der Waals surface area (Å²) in [5, 5.41) is 1.12. The Bertz CT molecular complexity index is 830. The second-order valence-corrected chi connectivity index (χ2v) is 8.34. The number of nitrogens with one attached hydrogen (secondary N) is 1. The lowest BCUT2D eigenvalue weighted by Gasteiger charge is -2.35. The highest BCUT2D eigenvalue weighted by atomic mass is 16.2. The molecule has 1 N–H and O–H groups in total. The lowest BCUT2D eigenvalue weighted by molar-refractivity contribution is -0.135. The molecule has 0 atom stereocenters. The van der Waals surface area contributed by atoms with Crippen molar-refractivity contribution < 1.29 is 9.59 Å². The number of amides is 2. The smallest absolute Gasteiger partial charge is 0.236 e. The summed E-state index contributed by atoms with van der Waals surface area (Å²) in [6, 6.07) is 8.10. The summed E-state index contributed by atoms with van der Waals surface area (Å²) in [5.41, 5.74) is 2.13. The molecule has 2 aliphatic heterocycles. The number of nitrogens with zero attached hydrogens (tertiary/aromatic N) is 3. The summed E-state index contributed by atoms with van der Waals surface area (Å²) in [6.07, 6.45) is 8.40. The average molecular weight is 397 g/mol. The van der Waals surface area contributed by atoms with E-state index in [4.69, 9.17) is 0 Å². The fourth-order valence-corrected chi connectivity index (χ4v) is 4.50. The third-order valence-corrected chi connectivity index (χ3v) is 6.31. The number of likely N-dealkylation sites (tertiary alicyclic amines) is 1. The van der Waals surface area contributed by atoms with Gasteiger partial charge in [0.15, 0.2) is 0 Å². The summed E-state index contributed by atoms with van der Waals surface area (Å²) in [4.78, 5) is 34.9. The van der Waals surface area contributed by atoms with Crippen LogP contribution in [0.5, 0.6) is 0 Å². The molecule has 3 heterocycles. The van der Waals surface area contributed by atoms with Crippen LogP contribution < -0.4 is 0 Å². The molecule has 2 saturated heterocycles.